The lowest BCUT2D eigenvalue weighted by Gasteiger charge is -2.42. The summed E-state index contributed by atoms with van der Waals surface area (Å²) in [5.41, 5.74) is 7.36. The highest BCUT2D eigenvalue weighted by Gasteiger charge is 2.40. The molecular weight excluding hydrogens is 236 g/mol. The molecule has 19 heavy (non-hydrogen) atoms. The third-order valence-corrected chi connectivity index (χ3v) is 4.57. The van der Waals surface area contributed by atoms with Crippen LogP contribution in [0.5, 0.6) is 5.75 Å². The monoisotopic (exact) mass is 260 g/mol. The zero-order valence-corrected chi connectivity index (χ0v) is 11.7. The minimum absolute atomic E-state index is 0.447. The van der Waals surface area contributed by atoms with Crippen LogP contribution in [0.1, 0.15) is 37.3 Å². The van der Waals surface area contributed by atoms with E-state index < -0.39 is 0 Å². The van der Waals surface area contributed by atoms with Gasteiger partial charge < -0.3 is 10.5 Å². The molecule has 3 heteroatoms. The van der Waals surface area contributed by atoms with Crippen LogP contribution in [-0.2, 0) is 0 Å². The van der Waals surface area contributed by atoms with E-state index in [0.717, 1.165) is 18.3 Å². The molecule has 1 aromatic carbocycles. The molecular formula is C16H24N2O. The minimum Gasteiger partial charge on any atom is -0.496 e. The van der Waals surface area contributed by atoms with Gasteiger partial charge in [-0.3, -0.25) is 4.90 Å². The van der Waals surface area contributed by atoms with Gasteiger partial charge in [0.1, 0.15) is 5.75 Å². The highest BCUT2D eigenvalue weighted by Crippen LogP contribution is 2.44. The van der Waals surface area contributed by atoms with Gasteiger partial charge in [0.15, 0.2) is 0 Å². The lowest BCUT2D eigenvalue weighted by atomic mass is 9.84. The summed E-state index contributed by atoms with van der Waals surface area (Å²) in [4.78, 5) is 2.68. The standard InChI is InChI=1S/C16H24N2O/c1-19-15-7-3-2-6-14(15)16-12(11-17)5-4-10-18(16)13-8-9-13/h2-3,6-7,12-13,16H,4-5,8-11,17H2,1H3. The fraction of sp³-hybridized carbons (Fsp3) is 0.625. The lowest BCUT2D eigenvalue weighted by Crippen LogP contribution is -2.42. The normalized spacial score (nSPS) is 28.3. The highest BCUT2D eigenvalue weighted by molar-refractivity contribution is 5.37. The van der Waals surface area contributed by atoms with E-state index in [2.05, 4.69) is 23.1 Å². The Bertz CT molecular complexity index is 431. The molecule has 2 fully saturated rings. The molecule has 104 valence electrons. The van der Waals surface area contributed by atoms with E-state index in [1.54, 1.807) is 7.11 Å². The first-order chi connectivity index (χ1) is 9.35. The molecule has 2 unspecified atom stereocenters. The Hall–Kier alpha value is -1.06. The second-order valence-corrected chi connectivity index (χ2v) is 5.79. The summed E-state index contributed by atoms with van der Waals surface area (Å²) >= 11 is 0. The van der Waals surface area contributed by atoms with Gasteiger partial charge in [0.2, 0.25) is 0 Å². The molecule has 2 N–H and O–H groups in total. The van der Waals surface area contributed by atoms with Crippen LogP contribution in [0.3, 0.4) is 0 Å². The average Bonchev–Trinajstić information content (AvgIpc) is 3.31. The molecule has 1 heterocycles. The molecule has 1 saturated heterocycles. The molecule has 1 aliphatic carbocycles. The van der Waals surface area contributed by atoms with E-state index in [-0.39, 0.29) is 0 Å². The number of hydrogen-bond donors (Lipinski definition) is 1. The summed E-state index contributed by atoms with van der Waals surface area (Å²) in [5, 5.41) is 0. The average molecular weight is 260 g/mol. The lowest BCUT2D eigenvalue weighted by molar-refractivity contribution is 0.0860. The third-order valence-electron chi connectivity index (χ3n) is 4.57. The van der Waals surface area contributed by atoms with Gasteiger partial charge in [0.25, 0.3) is 0 Å². The highest BCUT2D eigenvalue weighted by atomic mass is 16.5. The molecule has 3 nitrogen and oxygen atoms in total. The summed E-state index contributed by atoms with van der Waals surface area (Å²) < 4.78 is 5.57. The quantitative estimate of drug-likeness (QED) is 0.904. The number of para-hydroxylation sites is 1. The van der Waals surface area contributed by atoms with Gasteiger partial charge in [-0.05, 0) is 50.8 Å². The number of nitrogens with two attached hydrogens (primary N) is 1. The first kappa shape index (κ1) is 12.9. The summed E-state index contributed by atoms with van der Waals surface area (Å²) in [7, 11) is 1.76. The Morgan fingerprint density at radius 1 is 1.26 bits per heavy atom. The molecule has 1 saturated carbocycles. The second kappa shape index (κ2) is 5.51. The fourth-order valence-corrected chi connectivity index (χ4v) is 3.51. The van der Waals surface area contributed by atoms with E-state index >= 15 is 0 Å². The maximum absolute atomic E-state index is 6.04. The van der Waals surface area contributed by atoms with E-state index in [4.69, 9.17) is 10.5 Å². The summed E-state index contributed by atoms with van der Waals surface area (Å²) in [6.07, 6.45) is 5.22. The molecule has 1 aliphatic heterocycles. The van der Waals surface area contributed by atoms with E-state index in [1.807, 2.05) is 6.07 Å². The van der Waals surface area contributed by atoms with Crippen molar-refractivity contribution in [2.45, 2.75) is 37.8 Å². The largest absolute Gasteiger partial charge is 0.496 e. The Labute approximate surface area is 115 Å². The van der Waals surface area contributed by atoms with Crippen LogP contribution in [0.25, 0.3) is 0 Å². The number of hydrogen-bond acceptors (Lipinski definition) is 3. The van der Waals surface area contributed by atoms with Crippen molar-refractivity contribution >= 4 is 0 Å². The number of ether oxygens (including phenoxy) is 1. The SMILES string of the molecule is COc1ccccc1C1C(CN)CCCN1C1CC1. The molecule has 0 bridgehead atoms. The van der Waals surface area contributed by atoms with Gasteiger partial charge in [-0.25, -0.2) is 0 Å². The van der Waals surface area contributed by atoms with Crippen molar-refractivity contribution in [1.82, 2.24) is 4.90 Å². The third kappa shape index (κ3) is 2.49. The Morgan fingerprint density at radius 3 is 2.74 bits per heavy atom. The van der Waals surface area contributed by atoms with Crippen molar-refractivity contribution in [1.29, 1.82) is 0 Å². The zero-order chi connectivity index (χ0) is 13.2. The zero-order valence-electron chi connectivity index (χ0n) is 11.7. The van der Waals surface area contributed by atoms with Crippen LogP contribution in [-0.4, -0.2) is 31.1 Å². The summed E-state index contributed by atoms with van der Waals surface area (Å²) in [6, 6.07) is 9.68. The Morgan fingerprint density at radius 2 is 2.05 bits per heavy atom. The van der Waals surface area contributed by atoms with E-state index in [0.29, 0.717) is 12.0 Å². The van der Waals surface area contributed by atoms with Gasteiger partial charge in [-0.1, -0.05) is 18.2 Å². The molecule has 0 amide bonds. The molecule has 2 atom stereocenters. The van der Waals surface area contributed by atoms with Crippen LogP contribution in [0.4, 0.5) is 0 Å². The first-order valence-electron chi connectivity index (χ1n) is 7.44. The molecule has 1 aromatic rings. The Kier molecular flexibility index (Phi) is 3.76. The van der Waals surface area contributed by atoms with Gasteiger partial charge in [-0.2, -0.15) is 0 Å². The molecule has 0 spiro atoms. The van der Waals surface area contributed by atoms with Crippen molar-refractivity contribution in [2.75, 3.05) is 20.2 Å². The number of benzene rings is 1. The number of rotatable bonds is 4. The van der Waals surface area contributed by atoms with Gasteiger partial charge in [0.05, 0.1) is 7.11 Å². The van der Waals surface area contributed by atoms with Crippen LogP contribution < -0.4 is 10.5 Å². The van der Waals surface area contributed by atoms with Gasteiger partial charge >= 0.3 is 0 Å². The number of methoxy groups -OCH3 is 1. The van der Waals surface area contributed by atoms with Crippen LogP contribution >= 0.6 is 0 Å². The predicted molar refractivity (Wildman–Crippen MR) is 77.2 cm³/mol. The maximum Gasteiger partial charge on any atom is 0.123 e. The molecule has 0 radical (unpaired) electrons. The van der Waals surface area contributed by atoms with Crippen LogP contribution in [0.15, 0.2) is 24.3 Å². The number of likely N-dealkylation sites (tertiary alicyclic amines) is 1. The smallest absolute Gasteiger partial charge is 0.123 e. The van der Waals surface area contributed by atoms with Crippen molar-refractivity contribution < 1.29 is 4.74 Å². The van der Waals surface area contributed by atoms with Crippen molar-refractivity contribution in [3.63, 3.8) is 0 Å². The van der Waals surface area contributed by atoms with E-state index in [9.17, 15) is 0 Å². The Balaban J connectivity index is 1.95. The summed E-state index contributed by atoms with van der Waals surface area (Å²) in [5.74, 6) is 1.57. The molecule has 0 aromatic heterocycles. The number of piperidine rings is 1. The second-order valence-electron chi connectivity index (χ2n) is 5.79. The van der Waals surface area contributed by atoms with Gasteiger partial charge in [0, 0.05) is 17.6 Å². The van der Waals surface area contributed by atoms with Crippen molar-refractivity contribution in [3.05, 3.63) is 29.8 Å². The molecule has 2 aliphatic rings. The summed E-state index contributed by atoms with van der Waals surface area (Å²) in [6.45, 7) is 1.98. The van der Waals surface area contributed by atoms with Crippen molar-refractivity contribution in [2.24, 2.45) is 11.7 Å². The minimum atomic E-state index is 0.447. The molecule has 3 rings (SSSR count). The predicted octanol–water partition coefficient (Wildman–Crippen LogP) is 2.57. The topological polar surface area (TPSA) is 38.5 Å². The van der Waals surface area contributed by atoms with Crippen LogP contribution in [0.2, 0.25) is 0 Å². The maximum atomic E-state index is 6.04. The van der Waals surface area contributed by atoms with E-state index in [1.165, 1.54) is 37.8 Å². The fourth-order valence-electron chi connectivity index (χ4n) is 3.51. The number of nitrogens with zero attached hydrogens (tertiary/aromatic N) is 1. The first-order valence-corrected chi connectivity index (χ1v) is 7.44. The van der Waals surface area contributed by atoms with Crippen molar-refractivity contribution in [3.8, 4) is 5.75 Å². The van der Waals surface area contributed by atoms with Crippen LogP contribution in [0, 0.1) is 5.92 Å². The van der Waals surface area contributed by atoms with Gasteiger partial charge in [-0.15, -0.1) is 0 Å².